The van der Waals surface area contributed by atoms with E-state index in [0.29, 0.717) is 23.9 Å². The molecule has 1 aliphatic heterocycles. The third-order valence-corrected chi connectivity index (χ3v) is 4.57. The predicted molar refractivity (Wildman–Crippen MR) is 87.4 cm³/mol. The largest absolute Gasteiger partial charge is 0.358 e. The smallest absolute Gasteiger partial charge is 0.276 e. The second kappa shape index (κ2) is 6.84. The van der Waals surface area contributed by atoms with E-state index in [1.807, 2.05) is 0 Å². The summed E-state index contributed by atoms with van der Waals surface area (Å²) in [6, 6.07) is 5.19. The van der Waals surface area contributed by atoms with Crippen molar-refractivity contribution in [2.24, 2.45) is 0 Å². The van der Waals surface area contributed by atoms with Crippen LogP contribution in [0.15, 0.2) is 24.4 Å². The Kier molecular flexibility index (Phi) is 4.63. The second-order valence-electron chi connectivity index (χ2n) is 5.19. The Morgan fingerprint density at radius 3 is 3.00 bits per heavy atom. The maximum Gasteiger partial charge on any atom is 0.276 e. The van der Waals surface area contributed by atoms with Gasteiger partial charge in [0.15, 0.2) is 5.13 Å². The number of hydrogen-bond donors (Lipinski definition) is 2. The van der Waals surface area contributed by atoms with Gasteiger partial charge in [-0.1, -0.05) is 6.07 Å². The summed E-state index contributed by atoms with van der Waals surface area (Å²) in [5.41, 5.74) is 1.36. The van der Waals surface area contributed by atoms with E-state index in [4.69, 9.17) is 0 Å². The van der Waals surface area contributed by atoms with Gasteiger partial charge in [0, 0.05) is 37.6 Å². The van der Waals surface area contributed by atoms with Gasteiger partial charge in [-0.3, -0.25) is 24.8 Å². The molecule has 3 rings (SSSR count). The van der Waals surface area contributed by atoms with Crippen LogP contribution in [0, 0.1) is 0 Å². The van der Waals surface area contributed by atoms with Gasteiger partial charge in [0.2, 0.25) is 5.91 Å². The summed E-state index contributed by atoms with van der Waals surface area (Å²) in [5, 5.41) is 6.00. The first-order valence-electron chi connectivity index (χ1n) is 7.29. The number of carbonyl (C=O) groups is 2. The van der Waals surface area contributed by atoms with E-state index in [0.717, 1.165) is 23.5 Å². The molecule has 2 aromatic rings. The van der Waals surface area contributed by atoms with Crippen molar-refractivity contribution in [3.63, 3.8) is 0 Å². The van der Waals surface area contributed by atoms with Crippen LogP contribution in [-0.2, 0) is 17.8 Å². The quantitative estimate of drug-likeness (QED) is 0.869. The maximum atomic E-state index is 12.1. The van der Waals surface area contributed by atoms with Crippen molar-refractivity contribution in [2.75, 3.05) is 25.5 Å². The molecule has 2 aromatic heterocycles. The van der Waals surface area contributed by atoms with Crippen molar-refractivity contribution in [3.05, 3.63) is 40.7 Å². The summed E-state index contributed by atoms with van der Waals surface area (Å²) in [4.78, 5) is 35.2. The van der Waals surface area contributed by atoms with Gasteiger partial charge in [-0.25, -0.2) is 4.98 Å². The Morgan fingerprint density at radius 2 is 2.26 bits per heavy atom. The number of aromatic nitrogens is 2. The number of fused-ring (bicyclic) bond motifs is 1. The molecule has 23 heavy (non-hydrogen) atoms. The zero-order valence-electron chi connectivity index (χ0n) is 12.7. The topological polar surface area (TPSA) is 87.2 Å². The fraction of sp³-hybridized carbons (Fsp3) is 0.333. The SMILES string of the molecule is CNC(=O)CN1CCc2nc(NC(=O)c3ccccn3)sc2C1. The van der Waals surface area contributed by atoms with Gasteiger partial charge in [0.1, 0.15) is 5.69 Å². The molecule has 1 aliphatic rings. The molecule has 0 unspecified atom stereocenters. The molecular formula is C15H17N5O2S. The minimum absolute atomic E-state index is 0.00152. The molecule has 3 heterocycles. The molecule has 2 amide bonds. The average Bonchev–Trinajstić information content (AvgIpc) is 2.97. The molecule has 0 spiro atoms. The Bertz CT molecular complexity index is 716. The van der Waals surface area contributed by atoms with Crippen molar-refractivity contribution >= 4 is 28.3 Å². The molecule has 0 atom stereocenters. The third-order valence-electron chi connectivity index (χ3n) is 3.57. The predicted octanol–water partition coefficient (Wildman–Crippen LogP) is 0.894. The molecule has 0 saturated heterocycles. The molecule has 7 nitrogen and oxygen atoms in total. The zero-order chi connectivity index (χ0) is 16.2. The lowest BCUT2D eigenvalue weighted by Gasteiger charge is -2.24. The van der Waals surface area contributed by atoms with Crippen molar-refractivity contribution in [2.45, 2.75) is 13.0 Å². The van der Waals surface area contributed by atoms with Gasteiger partial charge in [-0.15, -0.1) is 11.3 Å². The lowest BCUT2D eigenvalue weighted by atomic mass is 10.2. The van der Waals surface area contributed by atoms with Crippen LogP contribution in [0.3, 0.4) is 0 Å². The van der Waals surface area contributed by atoms with Crippen LogP contribution in [0.4, 0.5) is 5.13 Å². The monoisotopic (exact) mass is 331 g/mol. The van der Waals surface area contributed by atoms with Crippen LogP contribution >= 0.6 is 11.3 Å². The molecule has 0 fully saturated rings. The van der Waals surface area contributed by atoms with Crippen molar-refractivity contribution in [1.82, 2.24) is 20.2 Å². The van der Waals surface area contributed by atoms with E-state index in [2.05, 4.69) is 25.5 Å². The number of likely N-dealkylation sites (N-methyl/N-ethyl adjacent to an activating group) is 1. The van der Waals surface area contributed by atoms with Crippen LogP contribution in [-0.4, -0.2) is 46.8 Å². The maximum absolute atomic E-state index is 12.1. The molecule has 0 aliphatic carbocycles. The Balaban J connectivity index is 1.66. The summed E-state index contributed by atoms with van der Waals surface area (Å²) < 4.78 is 0. The van der Waals surface area contributed by atoms with Gasteiger partial charge in [-0.05, 0) is 12.1 Å². The van der Waals surface area contributed by atoms with Gasteiger partial charge in [-0.2, -0.15) is 0 Å². The van der Waals surface area contributed by atoms with Crippen LogP contribution < -0.4 is 10.6 Å². The Morgan fingerprint density at radius 1 is 1.39 bits per heavy atom. The number of rotatable bonds is 4. The molecule has 0 bridgehead atoms. The van der Waals surface area contributed by atoms with Crippen LogP contribution in [0.5, 0.6) is 0 Å². The van der Waals surface area contributed by atoms with Crippen molar-refractivity contribution < 1.29 is 9.59 Å². The summed E-state index contributed by atoms with van der Waals surface area (Å²) in [7, 11) is 1.63. The van der Waals surface area contributed by atoms with Gasteiger partial charge in [0.25, 0.3) is 5.91 Å². The molecule has 8 heteroatoms. The number of amides is 2. The first kappa shape index (κ1) is 15.6. The molecular weight excluding hydrogens is 314 g/mol. The number of nitrogens with one attached hydrogen (secondary N) is 2. The van der Waals surface area contributed by atoms with Gasteiger partial charge in [0.05, 0.1) is 12.2 Å². The zero-order valence-corrected chi connectivity index (χ0v) is 13.5. The molecule has 0 saturated carbocycles. The van der Waals surface area contributed by atoms with Crippen LogP contribution in [0.1, 0.15) is 21.1 Å². The minimum Gasteiger partial charge on any atom is -0.358 e. The van der Waals surface area contributed by atoms with E-state index in [1.165, 1.54) is 11.3 Å². The minimum atomic E-state index is -0.265. The molecule has 120 valence electrons. The van der Waals surface area contributed by atoms with Crippen LogP contribution in [0.25, 0.3) is 0 Å². The number of anilines is 1. The van der Waals surface area contributed by atoms with Crippen molar-refractivity contribution in [3.8, 4) is 0 Å². The van der Waals surface area contributed by atoms with Gasteiger partial charge >= 0.3 is 0 Å². The summed E-state index contributed by atoms with van der Waals surface area (Å²) in [6.45, 7) is 1.85. The van der Waals surface area contributed by atoms with Crippen molar-refractivity contribution in [1.29, 1.82) is 0 Å². The molecule has 0 radical (unpaired) electrons. The first-order chi connectivity index (χ1) is 11.2. The Labute approximate surface area is 137 Å². The third kappa shape index (κ3) is 3.72. The second-order valence-corrected chi connectivity index (χ2v) is 6.28. The van der Waals surface area contributed by atoms with Crippen LogP contribution in [0.2, 0.25) is 0 Å². The number of carbonyl (C=O) groups excluding carboxylic acids is 2. The summed E-state index contributed by atoms with van der Waals surface area (Å²) in [5.74, 6) is -0.263. The standard InChI is InChI=1S/C15H17N5O2S/c1-16-13(21)9-20-7-5-10-12(8-20)23-15(18-10)19-14(22)11-4-2-3-6-17-11/h2-4,6H,5,7-9H2,1H3,(H,16,21)(H,18,19,22). The highest BCUT2D eigenvalue weighted by Gasteiger charge is 2.22. The van der Waals surface area contributed by atoms with E-state index in [9.17, 15) is 9.59 Å². The Hall–Kier alpha value is -2.32. The summed E-state index contributed by atoms with van der Waals surface area (Å²) in [6.07, 6.45) is 2.36. The molecule has 2 N–H and O–H groups in total. The number of nitrogens with zero attached hydrogens (tertiary/aromatic N) is 3. The highest BCUT2D eigenvalue weighted by Crippen LogP contribution is 2.28. The normalized spacial score (nSPS) is 14.1. The van der Waals surface area contributed by atoms with E-state index in [-0.39, 0.29) is 11.8 Å². The number of pyridine rings is 1. The molecule has 0 aromatic carbocycles. The number of hydrogen-bond acceptors (Lipinski definition) is 6. The van der Waals surface area contributed by atoms with Gasteiger partial charge < -0.3 is 5.32 Å². The average molecular weight is 331 g/mol. The number of thiazole rings is 1. The highest BCUT2D eigenvalue weighted by molar-refractivity contribution is 7.15. The summed E-state index contributed by atoms with van der Waals surface area (Å²) >= 11 is 1.45. The van der Waals surface area contributed by atoms with E-state index in [1.54, 1.807) is 31.4 Å². The lowest BCUT2D eigenvalue weighted by molar-refractivity contribution is -0.121. The fourth-order valence-electron chi connectivity index (χ4n) is 2.38. The highest BCUT2D eigenvalue weighted by atomic mass is 32.1. The van der Waals surface area contributed by atoms with E-state index >= 15 is 0 Å². The first-order valence-corrected chi connectivity index (χ1v) is 8.11. The fourth-order valence-corrected chi connectivity index (χ4v) is 3.42. The van der Waals surface area contributed by atoms with E-state index < -0.39 is 0 Å². The lowest BCUT2D eigenvalue weighted by Crippen LogP contribution is -2.38.